The Balaban J connectivity index is 4.35. The van der Waals surface area contributed by atoms with Crippen LogP contribution in [0.5, 0.6) is 0 Å². The van der Waals surface area contributed by atoms with Crippen molar-refractivity contribution in [2.24, 2.45) is 11.3 Å². The van der Waals surface area contributed by atoms with E-state index in [0.717, 1.165) is 0 Å². The third-order valence-corrected chi connectivity index (χ3v) is 2.24. The van der Waals surface area contributed by atoms with Gasteiger partial charge in [0.25, 0.3) is 0 Å². The molecule has 1 unspecified atom stereocenters. The van der Waals surface area contributed by atoms with E-state index in [-0.39, 0.29) is 5.97 Å². The largest absolute Gasteiger partial charge is 0.469 e. The number of carbonyl (C=O) groups is 1. The molecule has 0 rings (SSSR count). The predicted octanol–water partition coefficient (Wildman–Crippen LogP) is 1.59. The van der Waals surface area contributed by atoms with Crippen molar-refractivity contribution < 1.29 is 14.6 Å². The van der Waals surface area contributed by atoms with E-state index in [9.17, 15) is 9.90 Å². The fraction of sp³-hybridized carbons (Fsp3) is 0.900. The van der Waals surface area contributed by atoms with Gasteiger partial charge in [-0.15, -0.1) is 0 Å². The highest BCUT2D eigenvalue weighted by atomic mass is 16.5. The normalized spacial score (nSPS) is 14.4. The number of carbonyl (C=O) groups excluding carboxylic acids is 1. The maximum atomic E-state index is 11.3. The topological polar surface area (TPSA) is 46.5 Å². The lowest BCUT2D eigenvalue weighted by Crippen LogP contribution is -2.38. The van der Waals surface area contributed by atoms with Gasteiger partial charge in [0.05, 0.1) is 18.6 Å². The molecule has 0 aliphatic carbocycles. The van der Waals surface area contributed by atoms with Gasteiger partial charge in [0.15, 0.2) is 0 Å². The molecule has 0 saturated carbocycles. The van der Waals surface area contributed by atoms with E-state index in [2.05, 4.69) is 4.74 Å². The second-order valence-corrected chi connectivity index (χ2v) is 4.36. The SMILES string of the molecule is COC(=O)C(C)(C)C(O)CC(C)C. The highest BCUT2D eigenvalue weighted by molar-refractivity contribution is 5.76. The lowest BCUT2D eigenvalue weighted by Gasteiger charge is -2.28. The number of hydrogen-bond donors (Lipinski definition) is 1. The summed E-state index contributed by atoms with van der Waals surface area (Å²) in [5, 5.41) is 9.75. The van der Waals surface area contributed by atoms with Gasteiger partial charge in [-0.25, -0.2) is 0 Å². The average molecular weight is 188 g/mol. The Morgan fingerprint density at radius 2 is 1.92 bits per heavy atom. The van der Waals surface area contributed by atoms with Gasteiger partial charge in [0.1, 0.15) is 0 Å². The van der Waals surface area contributed by atoms with Crippen molar-refractivity contribution in [3.63, 3.8) is 0 Å². The Bertz CT molecular complexity index is 173. The van der Waals surface area contributed by atoms with Crippen LogP contribution in [0.2, 0.25) is 0 Å². The van der Waals surface area contributed by atoms with Gasteiger partial charge in [-0.2, -0.15) is 0 Å². The van der Waals surface area contributed by atoms with Gasteiger partial charge >= 0.3 is 5.97 Å². The average Bonchev–Trinajstić information content (AvgIpc) is 2.01. The quantitative estimate of drug-likeness (QED) is 0.681. The molecule has 13 heavy (non-hydrogen) atoms. The summed E-state index contributed by atoms with van der Waals surface area (Å²) in [7, 11) is 1.34. The van der Waals surface area contributed by atoms with Gasteiger partial charge in [-0.3, -0.25) is 4.79 Å². The van der Waals surface area contributed by atoms with Crippen LogP contribution in [-0.2, 0) is 9.53 Å². The molecule has 78 valence electrons. The predicted molar refractivity (Wildman–Crippen MR) is 51.3 cm³/mol. The molecule has 0 aliphatic rings. The van der Waals surface area contributed by atoms with Crippen LogP contribution in [0.3, 0.4) is 0 Å². The Kier molecular flexibility index (Phi) is 4.40. The summed E-state index contributed by atoms with van der Waals surface area (Å²) in [6.07, 6.45) is -0.0257. The van der Waals surface area contributed by atoms with Crippen molar-refractivity contribution in [3.8, 4) is 0 Å². The summed E-state index contributed by atoms with van der Waals surface area (Å²) < 4.78 is 4.62. The molecule has 0 spiro atoms. The van der Waals surface area contributed by atoms with E-state index in [1.165, 1.54) is 7.11 Å². The molecular formula is C10H20O3. The highest BCUT2D eigenvalue weighted by Crippen LogP contribution is 2.26. The zero-order chi connectivity index (χ0) is 10.6. The van der Waals surface area contributed by atoms with E-state index in [4.69, 9.17) is 0 Å². The van der Waals surface area contributed by atoms with Gasteiger partial charge in [0.2, 0.25) is 0 Å². The molecule has 3 heteroatoms. The van der Waals surface area contributed by atoms with E-state index in [0.29, 0.717) is 12.3 Å². The van der Waals surface area contributed by atoms with Gasteiger partial charge in [-0.1, -0.05) is 13.8 Å². The van der Waals surface area contributed by atoms with Crippen LogP contribution in [0.25, 0.3) is 0 Å². The van der Waals surface area contributed by atoms with Crippen LogP contribution in [0.15, 0.2) is 0 Å². The number of esters is 1. The number of aliphatic hydroxyl groups excluding tert-OH is 1. The second kappa shape index (κ2) is 4.61. The Hall–Kier alpha value is -0.570. The molecule has 0 fully saturated rings. The molecule has 3 nitrogen and oxygen atoms in total. The Morgan fingerprint density at radius 1 is 1.46 bits per heavy atom. The molecule has 0 saturated heterocycles. The van der Waals surface area contributed by atoms with E-state index >= 15 is 0 Å². The first-order valence-corrected chi connectivity index (χ1v) is 4.58. The third-order valence-electron chi connectivity index (χ3n) is 2.24. The van der Waals surface area contributed by atoms with E-state index < -0.39 is 11.5 Å². The first-order valence-electron chi connectivity index (χ1n) is 4.58. The summed E-state index contributed by atoms with van der Waals surface area (Å²) >= 11 is 0. The number of methoxy groups -OCH3 is 1. The van der Waals surface area contributed by atoms with Crippen LogP contribution in [-0.4, -0.2) is 24.3 Å². The minimum atomic E-state index is -0.807. The monoisotopic (exact) mass is 188 g/mol. The Morgan fingerprint density at radius 3 is 2.23 bits per heavy atom. The van der Waals surface area contributed by atoms with E-state index in [1.54, 1.807) is 13.8 Å². The van der Waals surface area contributed by atoms with Crippen LogP contribution >= 0.6 is 0 Å². The number of rotatable bonds is 4. The minimum Gasteiger partial charge on any atom is -0.469 e. The van der Waals surface area contributed by atoms with Crippen molar-refractivity contribution in [2.75, 3.05) is 7.11 Å². The van der Waals surface area contributed by atoms with Crippen molar-refractivity contribution in [1.82, 2.24) is 0 Å². The van der Waals surface area contributed by atoms with Crippen molar-refractivity contribution in [1.29, 1.82) is 0 Å². The number of ether oxygens (including phenoxy) is 1. The van der Waals surface area contributed by atoms with Crippen LogP contribution < -0.4 is 0 Å². The fourth-order valence-corrected chi connectivity index (χ4v) is 1.14. The zero-order valence-corrected chi connectivity index (χ0v) is 9.13. The zero-order valence-electron chi connectivity index (χ0n) is 9.13. The van der Waals surface area contributed by atoms with Gasteiger partial charge in [-0.05, 0) is 26.2 Å². The molecule has 0 aromatic heterocycles. The van der Waals surface area contributed by atoms with Gasteiger partial charge in [0, 0.05) is 0 Å². The summed E-state index contributed by atoms with van der Waals surface area (Å²) in [4.78, 5) is 11.3. The minimum absolute atomic E-state index is 0.361. The molecule has 0 radical (unpaired) electrons. The number of aliphatic hydroxyl groups is 1. The maximum absolute atomic E-state index is 11.3. The molecule has 1 atom stereocenters. The van der Waals surface area contributed by atoms with Crippen LogP contribution in [0.4, 0.5) is 0 Å². The van der Waals surface area contributed by atoms with Gasteiger partial charge < -0.3 is 9.84 Å². The van der Waals surface area contributed by atoms with Crippen molar-refractivity contribution >= 4 is 5.97 Å². The standard InChI is InChI=1S/C10H20O3/c1-7(2)6-8(11)10(3,4)9(12)13-5/h7-8,11H,6H2,1-5H3. The third kappa shape index (κ3) is 3.35. The molecule has 0 aromatic carbocycles. The second-order valence-electron chi connectivity index (χ2n) is 4.36. The van der Waals surface area contributed by atoms with Crippen LogP contribution in [0, 0.1) is 11.3 Å². The summed E-state index contributed by atoms with van der Waals surface area (Å²) in [5.74, 6) is 0.0135. The first-order chi connectivity index (χ1) is 5.82. The molecule has 0 aliphatic heterocycles. The van der Waals surface area contributed by atoms with E-state index in [1.807, 2.05) is 13.8 Å². The molecular weight excluding hydrogens is 168 g/mol. The maximum Gasteiger partial charge on any atom is 0.313 e. The Labute approximate surface area is 80.1 Å². The first kappa shape index (κ1) is 12.4. The summed E-state index contributed by atoms with van der Waals surface area (Å²) in [5.41, 5.74) is -0.807. The van der Waals surface area contributed by atoms with Crippen molar-refractivity contribution in [3.05, 3.63) is 0 Å². The lowest BCUT2D eigenvalue weighted by atomic mass is 9.82. The van der Waals surface area contributed by atoms with Crippen LogP contribution in [0.1, 0.15) is 34.1 Å². The summed E-state index contributed by atoms with van der Waals surface area (Å²) in [6, 6.07) is 0. The summed E-state index contributed by atoms with van der Waals surface area (Å²) in [6.45, 7) is 7.42. The highest BCUT2D eigenvalue weighted by Gasteiger charge is 2.36. The molecule has 1 N–H and O–H groups in total. The number of hydrogen-bond acceptors (Lipinski definition) is 3. The molecule has 0 heterocycles. The lowest BCUT2D eigenvalue weighted by molar-refractivity contribution is -0.157. The molecule has 0 amide bonds. The fourth-order valence-electron chi connectivity index (χ4n) is 1.14. The van der Waals surface area contributed by atoms with Crippen molar-refractivity contribution in [2.45, 2.75) is 40.2 Å². The molecule has 0 aromatic rings. The molecule has 0 bridgehead atoms. The smallest absolute Gasteiger partial charge is 0.313 e.